The Bertz CT molecular complexity index is 911. The van der Waals surface area contributed by atoms with Gasteiger partial charge in [0, 0.05) is 22.9 Å². The average molecular weight is 406 g/mol. The summed E-state index contributed by atoms with van der Waals surface area (Å²) in [6, 6.07) is 12.6. The molecule has 0 aliphatic carbocycles. The Hall–Kier alpha value is -2.05. The Labute approximate surface area is 167 Å². The van der Waals surface area contributed by atoms with Crippen LogP contribution < -0.4 is 4.74 Å². The van der Waals surface area contributed by atoms with Crippen LogP contribution in [0.15, 0.2) is 47.6 Å². The zero-order valence-corrected chi connectivity index (χ0v) is 17.0. The van der Waals surface area contributed by atoms with E-state index in [-0.39, 0.29) is 11.9 Å². The zero-order valence-electron chi connectivity index (χ0n) is 15.4. The highest BCUT2D eigenvalue weighted by atomic mass is 35.5. The minimum atomic E-state index is -0.311. The number of hydrogen-bond acceptors (Lipinski definition) is 4. The van der Waals surface area contributed by atoms with Gasteiger partial charge in [-0.15, -0.1) is 10.2 Å². The number of halogens is 2. The van der Waals surface area contributed by atoms with Crippen molar-refractivity contribution in [1.29, 1.82) is 0 Å². The third-order valence-electron chi connectivity index (χ3n) is 4.13. The monoisotopic (exact) mass is 405 g/mol. The molecule has 4 nitrogen and oxygen atoms in total. The normalized spacial score (nSPS) is 12.2. The van der Waals surface area contributed by atoms with E-state index in [0.29, 0.717) is 28.0 Å². The zero-order chi connectivity index (χ0) is 19.4. The second kappa shape index (κ2) is 8.76. The lowest BCUT2D eigenvalue weighted by Crippen LogP contribution is -2.12. The summed E-state index contributed by atoms with van der Waals surface area (Å²) < 4.78 is 22.0. The standard InChI is InChI=1S/C20H21ClFN3OS/c1-4-25-19(14(3)26-15-8-5-7-13(2)11-15)23-24-20(25)27-12-16-17(21)9-6-10-18(16)22/h5-11,14H,4,12H2,1-3H3. The molecule has 3 aromatic rings. The van der Waals surface area contributed by atoms with Crippen LogP contribution >= 0.6 is 23.4 Å². The maximum Gasteiger partial charge on any atom is 0.191 e. The predicted molar refractivity (Wildman–Crippen MR) is 107 cm³/mol. The van der Waals surface area contributed by atoms with E-state index in [2.05, 4.69) is 10.2 Å². The molecule has 0 aliphatic heterocycles. The number of aromatic nitrogens is 3. The van der Waals surface area contributed by atoms with Gasteiger partial charge in [-0.2, -0.15) is 0 Å². The minimum absolute atomic E-state index is 0.259. The van der Waals surface area contributed by atoms with Crippen LogP contribution in [0.2, 0.25) is 5.02 Å². The van der Waals surface area contributed by atoms with Gasteiger partial charge in [0.1, 0.15) is 11.6 Å². The van der Waals surface area contributed by atoms with Crippen LogP contribution in [0.3, 0.4) is 0 Å². The van der Waals surface area contributed by atoms with Crippen LogP contribution in [0.4, 0.5) is 4.39 Å². The van der Waals surface area contributed by atoms with Crippen molar-refractivity contribution in [2.45, 2.75) is 44.3 Å². The third kappa shape index (κ3) is 4.62. The largest absolute Gasteiger partial charge is 0.483 e. The maximum absolute atomic E-state index is 14.0. The second-order valence-corrected chi connectivity index (χ2v) is 7.50. The number of rotatable bonds is 7. The highest BCUT2D eigenvalue weighted by molar-refractivity contribution is 7.98. The number of thioether (sulfide) groups is 1. The summed E-state index contributed by atoms with van der Waals surface area (Å²) in [6.07, 6.45) is -0.259. The predicted octanol–water partition coefficient (Wildman–Crippen LogP) is 5.83. The molecule has 0 fully saturated rings. The quantitative estimate of drug-likeness (QED) is 0.463. The Morgan fingerprint density at radius 1 is 1.22 bits per heavy atom. The first-order valence-corrected chi connectivity index (χ1v) is 10.1. The molecular weight excluding hydrogens is 385 g/mol. The van der Waals surface area contributed by atoms with Crippen LogP contribution in [0.1, 0.15) is 36.9 Å². The number of aryl methyl sites for hydroxylation is 1. The van der Waals surface area contributed by atoms with Gasteiger partial charge in [-0.1, -0.05) is 41.6 Å². The van der Waals surface area contributed by atoms with Gasteiger partial charge in [-0.25, -0.2) is 4.39 Å². The number of ether oxygens (including phenoxy) is 1. The van der Waals surface area contributed by atoms with Gasteiger partial charge >= 0.3 is 0 Å². The van der Waals surface area contributed by atoms with Crippen molar-refractivity contribution in [3.63, 3.8) is 0 Å². The van der Waals surface area contributed by atoms with Crippen LogP contribution in [0.5, 0.6) is 5.75 Å². The summed E-state index contributed by atoms with van der Waals surface area (Å²) >= 11 is 7.52. The molecule has 142 valence electrons. The molecule has 0 N–H and O–H groups in total. The molecule has 7 heteroatoms. The molecule has 0 spiro atoms. The molecule has 0 amide bonds. The van der Waals surface area contributed by atoms with Crippen molar-refractivity contribution in [2.75, 3.05) is 0 Å². The topological polar surface area (TPSA) is 39.9 Å². The molecule has 0 radical (unpaired) electrons. The number of benzene rings is 2. The van der Waals surface area contributed by atoms with Crippen LogP contribution in [-0.4, -0.2) is 14.8 Å². The van der Waals surface area contributed by atoms with Gasteiger partial charge in [0.2, 0.25) is 0 Å². The minimum Gasteiger partial charge on any atom is -0.483 e. The van der Waals surface area contributed by atoms with Gasteiger partial charge in [0.15, 0.2) is 17.1 Å². The lowest BCUT2D eigenvalue weighted by atomic mass is 10.2. The highest BCUT2D eigenvalue weighted by Crippen LogP contribution is 2.30. The van der Waals surface area contributed by atoms with Crippen molar-refractivity contribution in [3.05, 3.63) is 70.3 Å². The molecule has 1 unspecified atom stereocenters. The Kier molecular flexibility index (Phi) is 6.39. The Balaban J connectivity index is 1.76. The van der Waals surface area contributed by atoms with E-state index < -0.39 is 0 Å². The first kappa shape index (κ1) is 19.7. The highest BCUT2D eigenvalue weighted by Gasteiger charge is 2.19. The van der Waals surface area contributed by atoms with Crippen molar-refractivity contribution in [1.82, 2.24) is 14.8 Å². The summed E-state index contributed by atoms with van der Waals surface area (Å²) in [6.45, 7) is 6.68. The molecule has 2 aromatic carbocycles. The van der Waals surface area contributed by atoms with Crippen molar-refractivity contribution >= 4 is 23.4 Å². The molecule has 1 heterocycles. The van der Waals surface area contributed by atoms with Gasteiger partial charge < -0.3 is 9.30 Å². The number of nitrogens with zero attached hydrogens (tertiary/aromatic N) is 3. The molecule has 0 aliphatic rings. The summed E-state index contributed by atoms with van der Waals surface area (Å²) in [7, 11) is 0. The van der Waals surface area contributed by atoms with Gasteiger partial charge in [0.05, 0.1) is 0 Å². The van der Waals surface area contributed by atoms with Crippen LogP contribution in [-0.2, 0) is 12.3 Å². The summed E-state index contributed by atoms with van der Waals surface area (Å²) in [5.74, 6) is 1.60. The van der Waals surface area contributed by atoms with Gasteiger partial charge in [0.25, 0.3) is 0 Å². The lowest BCUT2D eigenvalue weighted by Gasteiger charge is -2.16. The van der Waals surface area contributed by atoms with Crippen molar-refractivity contribution in [2.24, 2.45) is 0 Å². The Morgan fingerprint density at radius 2 is 2.00 bits per heavy atom. The molecule has 1 atom stereocenters. The molecule has 1 aromatic heterocycles. The number of hydrogen-bond donors (Lipinski definition) is 0. The van der Waals surface area contributed by atoms with Crippen LogP contribution in [0.25, 0.3) is 0 Å². The fourth-order valence-corrected chi connectivity index (χ4v) is 4.11. The van der Waals surface area contributed by atoms with E-state index in [0.717, 1.165) is 17.1 Å². The van der Waals surface area contributed by atoms with Gasteiger partial charge in [-0.3, -0.25) is 0 Å². The lowest BCUT2D eigenvalue weighted by molar-refractivity contribution is 0.210. The van der Waals surface area contributed by atoms with Gasteiger partial charge in [-0.05, 0) is 50.6 Å². The Morgan fingerprint density at radius 3 is 2.70 bits per heavy atom. The molecule has 0 saturated heterocycles. The third-order valence-corrected chi connectivity index (χ3v) is 5.48. The molecule has 0 saturated carbocycles. The molecule has 27 heavy (non-hydrogen) atoms. The summed E-state index contributed by atoms with van der Waals surface area (Å²) in [5.41, 5.74) is 1.61. The summed E-state index contributed by atoms with van der Waals surface area (Å²) in [4.78, 5) is 0. The van der Waals surface area contributed by atoms with E-state index in [4.69, 9.17) is 16.3 Å². The SMILES string of the molecule is CCn1c(SCc2c(F)cccc2Cl)nnc1C(C)Oc1cccc(C)c1. The fourth-order valence-electron chi connectivity index (χ4n) is 2.76. The second-order valence-electron chi connectivity index (χ2n) is 6.15. The van der Waals surface area contributed by atoms with E-state index in [1.807, 2.05) is 49.6 Å². The fraction of sp³-hybridized carbons (Fsp3) is 0.300. The van der Waals surface area contributed by atoms with Crippen molar-refractivity contribution < 1.29 is 9.13 Å². The van der Waals surface area contributed by atoms with E-state index in [1.165, 1.54) is 17.8 Å². The molecule has 3 rings (SSSR count). The van der Waals surface area contributed by atoms with E-state index in [9.17, 15) is 4.39 Å². The van der Waals surface area contributed by atoms with Crippen LogP contribution in [0, 0.1) is 12.7 Å². The average Bonchev–Trinajstić information content (AvgIpc) is 3.04. The van der Waals surface area contributed by atoms with Crippen molar-refractivity contribution in [3.8, 4) is 5.75 Å². The molecule has 0 bridgehead atoms. The molecular formula is C20H21ClFN3OS. The van der Waals surface area contributed by atoms with E-state index >= 15 is 0 Å². The maximum atomic E-state index is 14.0. The first-order valence-electron chi connectivity index (χ1n) is 8.71. The smallest absolute Gasteiger partial charge is 0.191 e. The summed E-state index contributed by atoms with van der Waals surface area (Å²) in [5, 5.41) is 9.71. The first-order chi connectivity index (χ1) is 13.0. The van der Waals surface area contributed by atoms with E-state index in [1.54, 1.807) is 12.1 Å².